The first kappa shape index (κ1) is 13.9. The number of nitrogens with one attached hydrogen (secondary N) is 1. The van der Waals surface area contributed by atoms with E-state index in [0.29, 0.717) is 44.0 Å². The summed E-state index contributed by atoms with van der Waals surface area (Å²) in [6.07, 6.45) is 0. The summed E-state index contributed by atoms with van der Waals surface area (Å²) < 4.78 is 8.34. The van der Waals surface area contributed by atoms with Crippen LogP contribution in [0.2, 0.25) is 10.0 Å². The van der Waals surface area contributed by atoms with Crippen LogP contribution >= 0.6 is 23.2 Å². The molecule has 1 aliphatic heterocycles. The molecule has 0 aromatic heterocycles. The maximum atomic E-state index is 9.02. The topological polar surface area (TPSA) is 86.6 Å². The maximum Gasteiger partial charge on any atom is 0.131 e. The van der Waals surface area contributed by atoms with E-state index in [2.05, 4.69) is 14.0 Å². The fraction of sp³-hybridized carbons (Fsp3) is 0. The van der Waals surface area contributed by atoms with Crippen LogP contribution < -0.4 is 11.1 Å². The van der Waals surface area contributed by atoms with Gasteiger partial charge in [0.25, 0.3) is 0 Å². The number of hydrogen-bond acceptors (Lipinski definition) is 5. The Labute approximate surface area is 134 Å². The monoisotopic (exact) mass is 335 g/mol. The molecule has 0 unspecified atom stereocenters. The molecular formula is C13H7Cl2N5S. The van der Waals surface area contributed by atoms with Crippen molar-refractivity contribution < 1.29 is 0 Å². The first-order valence-electron chi connectivity index (χ1n) is 5.77. The number of fused-ring (bicyclic) bond motifs is 1. The highest BCUT2D eigenvalue weighted by molar-refractivity contribution is 7.58. The van der Waals surface area contributed by atoms with Crippen LogP contribution in [0, 0.1) is 11.3 Å². The normalized spacial score (nSPS) is 11.7. The summed E-state index contributed by atoms with van der Waals surface area (Å²) in [4.78, 5) is 0. The van der Waals surface area contributed by atoms with Gasteiger partial charge in [-0.2, -0.15) is 14.0 Å². The van der Waals surface area contributed by atoms with E-state index < -0.39 is 0 Å². The molecule has 0 fully saturated rings. The number of benzene rings is 2. The van der Waals surface area contributed by atoms with Crippen LogP contribution in [-0.2, 0) is 11.4 Å². The Morgan fingerprint density at radius 2 is 1.95 bits per heavy atom. The lowest BCUT2D eigenvalue weighted by Crippen LogP contribution is -1.99. The third kappa shape index (κ3) is 2.36. The third-order valence-corrected chi connectivity index (χ3v) is 4.04. The van der Waals surface area contributed by atoms with Crippen molar-refractivity contribution in [3.8, 4) is 6.07 Å². The van der Waals surface area contributed by atoms with Gasteiger partial charge < -0.3 is 11.1 Å². The minimum absolute atomic E-state index is 0.349. The molecule has 0 bridgehead atoms. The largest absolute Gasteiger partial charge is 0.396 e. The van der Waals surface area contributed by atoms with E-state index in [-0.39, 0.29) is 0 Å². The number of halogens is 2. The number of nitrogens with two attached hydrogens (primary N) is 1. The Morgan fingerprint density at radius 1 is 1.19 bits per heavy atom. The zero-order valence-electron chi connectivity index (χ0n) is 10.4. The van der Waals surface area contributed by atoms with Gasteiger partial charge in [-0.15, -0.1) is 0 Å². The molecule has 0 atom stereocenters. The van der Waals surface area contributed by atoms with Crippen molar-refractivity contribution in [1.29, 1.82) is 5.26 Å². The second-order valence-electron chi connectivity index (χ2n) is 4.18. The van der Waals surface area contributed by atoms with E-state index in [1.165, 1.54) is 0 Å². The fourth-order valence-electron chi connectivity index (χ4n) is 1.90. The molecule has 0 saturated heterocycles. The number of nitriles is 1. The van der Waals surface area contributed by atoms with Crippen molar-refractivity contribution in [1.82, 2.24) is 0 Å². The Balaban J connectivity index is 2.11. The minimum atomic E-state index is 0.349. The first-order chi connectivity index (χ1) is 10.1. The van der Waals surface area contributed by atoms with Gasteiger partial charge in [-0.3, -0.25) is 0 Å². The fourth-order valence-corrected chi connectivity index (χ4v) is 3.06. The molecule has 8 heteroatoms. The molecule has 1 aliphatic rings. The summed E-state index contributed by atoms with van der Waals surface area (Å²) in [5, 5.41) is 13.0. The summed E-state index contributed by atoms with van der Waals surface area (Å²) in [7, 11) is 0. The second kappa shape index (κ2) is 5.37. The zero-order valence-corrected chi connectivity index (χ0v) is 12.7. The van der Waals surface area contributed by atoms with Crippen molar-refractivity contribution in [2.75, 3.05) is 11.1 Å². The molecule has 3 rings (SSSR count). The van der Waals surface area contributed by atoms with Crippen LogP contribution in [0.15, 0.2) is 33.0 Å². The van der Waals surface area contributed by atoms with Gasteiger partial charge in [0.05, 0.1) is 44.0 Å². The zero-order chi connectivity index (χ0) is 15.0. The maximum absolute atomic E-state index is 9.02. The van der Waals surface area contributed by atoms with Crippen molar-refractivity contribution >= 4 is 63.0 Å². The summed E-state index contributed by atoms with van der Waals surface area (Å²) in [6.45, 7) is 0. The smallest absolute Gasteiger partial charge is 0.131 e. The number of anilines is 3. The van der Waals surface area contributed by atoms with Crippen LogP contribution in [-0.4, -0.2) is 0 Å². The number of nitrogens with zero attached hydrogens (tertiary/aromatic N) is 3. The van der Waals surface area contributed by atoms with E-state index in [9.17, 15) is 0 Å². The summed E-state index contributed by atoms with van der Waals surface area (Å²) in [5.41, 5.74) is 8.97. The first-order valence-corrected chi connectivity index (χ1v) is 7.26. The van der Waals surface area contributed by atoms with Gasteiger partial charge in [-0.05, 0) is 18.2 Å². The van der Waals surface area contributed by atoms with Gasteiger partial charge in [0.2, 0.25) is 0 Å². The average molecular weight is 336 g/mol. The van der Waals surface area contributed by atoms with Gasteiger partial charge in [0, 0.05) is 0 Å². The van der Waals surface area contributed by atoms with Gasteiger partial charge >= 0.3 is 0 Å². The van der Waals surface area contributed by atoms with Gasteiger partial charge in [0.15, 0.2) is 0 Å². The number of para-hydroxylation sites is 1. The molecular weight excluding hydrogens is 329 g/mol. The van der Waals surface area contributed by atoms with Gasteiger partial charge in [-0.1, -0.05) is 29.3 Å². The number of rotatable bonds is 2. The van der Waals surface area contributed by atoms with Gasteiger partial charge in [-0.25, -0.2) is 0 Å². The number of hydrogen-bond donors (Lipinski definition) is 2. The van der Waals surface area contributed by atoms with E-state index >= 15 is 0 Å². The summed E-state index contributed by atoms with van der Waals surface area (Å²) >= 11 is 13.4. The highest BCUT2D eigenvalue weighted by Crippen LogP contribution is 2.48. The van der Waals surface area contributed by atoms with Crippen LogP contribution in [0.1, 0.15) is 5.56 Å². The predicted molar refractivity (Wildman–Crippen MR) is 86.9 cm³/mol. The van der Waals surface area contributed by atoms with Crippen LogP contribution in [0.4, 0.5) is 28.4 Å². The van der Waals surface area contributed by atoms with Crippen molar-refractivity contribution in [2.24, 2.45) is 8.73 Å². The highest BCUT2D eigenvalue weighted by atomic mass is 35.5. The highest BCUT2D eigenvalue weighted by Gasteiger charge is 2.19. The molecule has 0 saturated carbocycles. The molecule has 0 aliphatic carbocycles. The van der Waals surface area contributed by atoms with Crippen molar-refractivity contribution in [3.63, 3.8) is 0 Å². The lowest BCUT2D eigenvalue weighted by atomic mass is 10.1. The van der Waals surface area contributed by atoms with Crippen molar-refractivity contribution in [3.05, 3.63) is 39.9 Å². The minimum Gasteiger partial charge on any atom is -0.396 e. The van der Waals surface area contributed by atoms with E-state index in [4.69, 9.17) is 34.2 Å². The Bertz CT molecular complexity index is 866. The average Bonchev–Trinajstić information content (AvgIpc) is 2.95. The Hall–Kier alpha value is -2.07. The SMILES string of the molecule is N#Cc1cccc(Nc2c(Cl)cc(Cl)c3c2N=S=N3)c1N. The second-order valence-corrected chi connectivity index (χ2v) is 5.52. The van der Waals surface area contributed by atoms with E-state index in [1.54, 1.807) is 24.3 Å². The molecule has 0 amide bonds. The molecule has 0 radical (unpaired) electrons. The van der Waals surface area contributed by atoms with Crippen LogP contribution in [0.5, 0.6) is 0 Å². The van der Waals surface area contributed by atoms with Crippen LogP contribution in [0.25, 0.3) is 0 Å². The molecule has 0 spiro atoms. The summed E-state index contributed by atoms with van der Waals surface area (Å²) in [6, 6.07) is 8.76. The van der Waals surface area contributed by atoms with E-state index in [1.807, 2.05) is 6.07 Å². The van der Waals surface area contributed by atoms with Gasteiger partial charge in [0.1, 0.15) is 17.4 Å². The Kier molecular flexibility index (Phi) is 3.55. The molecule has 3 N–H and O–H groups in total. The molecule has 2 aromatic carbocycles. The molecule has 2 aromatic rings. The standard InChI is InChI=1S/C13H7Cl2N5S/c14-7-4-8(15)12-13(20-21-19-12)11(7)18-9-3-1-2-6(5-16)10(9)17/h1-4,18H,17H2. The van der Waals surface area contributed by atoms with E-state index in [0.717, 1.165) is 11.4 Å². The molecule has 104 valence electrons. The quantitative estimate of drug-likeness (QED) is 0.651. The number of nitrogen functional groups attached to an aromatic ring is 1. The lowest BCUT2D eigenvalue weighted by molar-refractivity contribution is 1.46. The third-order valence-electron chi connectivity index (χ3n) is 2.93. The summed E-state index contributed by atoms with van der Waals surface area (Å²) in [5.74, 6) is 0. The Morgan fingerprint density at radius 3 is 2.71 bits per heavy atom. The van der Waals surface area contributed by atoms with Crippen LogP contribution in [0.3, 0.4) is 0 Å². The van der Waals surface area contributed by atoms with Crippen molar-refractivity contribution in [2.45, 2.75) is 0 Å². The molecule has 1 heterocycles. The molecule has 5 nitrogen and oxygen atoms in total. The lowest BCUT2D eigenvalue weighted by Gasteiger charge is -2.14. The predicted octanol–water partition coefficient (Wildman–Crippen LogP) is 4.92. The molecule has 21 heavy (non-hydrogen) atoms.